The van der Waals surface area contributed by atoms with E-state index in [2.05, 4.69) is 5.10 Å². The molecule has 1 aromatic heterocycles. The molecule has 0 radical (unpaired) electrons. The molecule has 0 bridgehead atoms. The molecule has 1 heterocycles. The van der Waals surface area contributed by atoms with Gasteiger partial charge in [0.05, 0.1) is 17.3 Å². The zero-order valence-electron chi connectivity index (χ0n) is 14.5. The molecular formula is C20H19Cl2N3O. The van der Waals surface area contributed by atoms with Crippen molar-refractivity contribution in [3.8, 4) is 5.69 Å². The Morgan fingerprint density at radius 2 is 1.85 bits per heavy atom. The summed E-state index contributed by atoms with van der Waals surface area (Å²) < 4.78 is 1.83. The second kappa shape index (κ2) is 7.52. The quantitative estimate of drug-likeness (QED) is 0.694. The average Bonchev–Trinajstić information content (AvgIpc) is 2.91. The van der Waals surface area contributed by atoms with Gasteiger partial charge in [-0.1, -0.05) is 41.4 Å². The molecule has 0 spiro atoms. The van der Waals surface area contributed by atoms with Crippen molar-refractivity contribution < 1.29 is 4.79 Å². The maximum absolute atomic E-state index is 12.3. The number of hydrogen-bond acceptors (Lipinski definition) is 2. The van der Waals surface area contributed by atoms with E-state index in [9.17, 15) is 4.79 Å². The molecule has 1 amide bonds. The molecule has 4 nitrogen and oxygen atoms in total. The van der Waals surface area contributed by atoms with Crippen LogP contribution >= 0.6 is 23.2 Å². The average molecular weight is 388 g/mol. The van der Waals surface area contributed by atoms with Crippen LogP contribution in [0, 0.1) is 13.8 Å². The highest BCUT2D eigenvalue weighted by atomic mass is 35.5. The Hall–Kier alpha value is -2.30. The van der Waals surface area contributed by atoms with E-state index < -0.39 is 11.8 Å². The van der Waals surface area contributed by atoms with E-state index in [1.54, 1.807) is 18.2 Å². The van der Waals surface area contributed by atoms with Crippen molar-refractivity contribution in [2.24, 2.45) is 5.73 Å². The van der Waals surface area contributed by atoms with E-state index in [0.29, 0.717) is 16.5 Å². The van der Waals surface area contributed by atoms with Crippen LogP contribution in [0.1, 0.15) is 28.4 Å². The van der Waals surface area contributed by atoms with E-state index in [-0.39, 0.29) is 0 Å². The number of carbonyl (C=O) groups is 1. The standard InChI is InChI=1S/C20H19Cl2N3O/c1-12-19(13(2)25(24-12)16-6-4-3-5-7-16)17(20(23)26)11-14-10-15(21)8-9-18(14)22/h3-10,17H,11H2,1-2H3,(H2,23,26). The highest BCUT2D eigenvalue weighted by Crippen LogP contribution is 2.31. The van der Waals surface area contributed by atoms with Crippen molar-refractivity contribution in [2.75, 3.05) is 0 Å². The van der Waals surface area contributed by atoms with Crippen LogP contribution in [-0.4, -0.2) is 15.7 Å². The maximum Gasteiger partial charge on any atom is 0.225 e. The van der Waals surface area contributed by atoms with Crippen LogP contribution in [0.5, 0.6) is 0 Å². The molecule has 3 aromatic rings. The fraction of sp³-hybridized carbons (Fsp3) is 0.200. The minimum Gasteiger partial charge on any atom is -0.369 e. The van der Waals surface area contributed by atoms with E-state index in [4.69, 9.17) is 28.9 Å². The third-order valence-corrected chi connectivity index (χ3v) is 5.08. The Morgan fingerprint density at radius 1 is 1.15 bits per heavy atom. The molecule has 26 heavy (non-hydrogen) atoms. The van der Waals surface area contributed by atoms with Crippen molar-refractivity contribution in [3.05, 3.63) is 81.1 Å². The molecular weight excluding hydrogens is 369 g/mol. The number of nitrogens with zero attached hydrogens (tertiary/aromatic N) is 2. The predicted octanol–water partition coefficient (Wildman–Crippen LogP) is 4.61. The van der Waals surface area contributed by atoms with Gasteiger partial charge < -0.3 is 5.73 Å². The van der Waals surface area contributed by atoms with Gasteiger partial charge in [-0.3, -0.25) is 4.79 Å². The number of rotatable bonds is 5. The number of hydrogen-bond donors (Lipinski definition) is 1. The van der Waals surface area contributed by atoms with E-state index in [1.807, 2.05) is 48.9 Å². The van der Waals surface area contributed by atoms with Gasteiger partial charge in [0.1, 0.15) is 0 Å². The van der Waals surface area contributed by atoms with Gasteiger partial charge >= 0.3 is 0 Å². The Bertz CT molecular complexity index is 951. The van der Waals surface area contributed by atoms with Crippen molar-refractivity contribution in [1.82, 2.24) is 9.78 Å². The number of aromatic nitrogens is 2. The molecule has 1 unspecified atom stereocenters. The van der Waals surface area contributed by atoms with Gasteiger partial charge in [-0.25, -0.2) is 4.68 Å². The van der Waals surface area contributed by atoms with E-state index >= 15 is 0 Å². The zero-order chi connectivity index (χ0) is 18.8. The number of amides is 1. The van der Waals surface area contributed by atoms with Gasteiger partial charge in [0.2, 0.25) is 5.91 Å². The number of aryl methyl sites for hydroxylation is 1. The molecule has 2 N–H and O–H groups in total. The normalized spacial score (nSPS) is 12.2. The molecule has 0 aliphatic carbocycles. The molecule has 1 atom stereocenters. The van der Waals surface area contributed by atoms with Crippen LogP contribution in [0.15, 0.2) is 48.5 Å². The summed E-state index contributed by atoms with van der Waals surface area (Å²) in [5.41, 5.74) is 9.95. The SMILES string of the molecule is Cc1nn(-c2ccccc2)c(C)c1C(Cc1cc(Cl)ccc1Cl)C(N)=O. The minimum absolute atomic E-state index is 0.372. The summed E-state index contributed by atoms with van der Waals surface area (Å²) in [6, 6.07) is 15.0. The van der Waals surface area contributed by atoms with Gasteiger partial charge in [-0.15, -0.1) is 0 Å². The Labute approximate surface area is 162 Å². The van der Waals surface area contributed by atoms with Gasteiger partial charge in [0, 0.05) is 21.3 Å². The van der Waals surface area contributed by atoms with Crippen molar-refractivity contribution >= 4 is 29.1 Å². The first-order chi connectivity index (χ1) is 12.4. The number of benzene rings is 2. The molecule has 2 aromatic carbocycles. The first-order valence-electron chi connectivity index (χ1n) is 8.23. The molecule has 0 aliphatic heterocycles. The number of primary amides is 1. The lowest BCUT2D eigenvalue weighted by molar-refractivity contribution is -0.119. The fourth-order valence-corrected chi connectivity index (χ4v) is 3.63. The summed E-state index contributed by atoms with van der Waals surface area (Å²) in [7, 11) is 0. The highest BCUT2D eigenvalue weighted by Gasteiger charge is 2.27. The largest absolute Gasteiger partial charge is 0.369 e. The molecule has 6 heteroatoms. The molecule has 0 saturated heterocycles. The second-order valence-corrected chi connectivity index (χ2v) is 7.07. The van der Waals surface area contributed by atoms with Gasteiger partial charge in [0.15, 0.2) is 0 Å². The molecule has 134 valence electrons. The van der Waals surface area contributed by atoms with E-state index in [1.165, 1.54) is 0 Å². The molecule has 0 fully saturated rings. The highest BCUT2D eigenvalue weighted by molar-refractivity contribution is 6.33. The topological polar surface area (TPSA) is 60.9 Å². The van der Waals surface area contributed by atoms with Crippen LogP contribution in [0.2, 0.25) is 10.0 Å². The molecule has 3 rings (SSSR count). The Balaban J connectivity index is 2.05. The third kappa shape index (κ3) is 3.62. The minimum atomic E-state index is -0.538. The summed E-state index contributed by atoms with van der Waals surface area (Å²) >= 11 is 12.4. The summed E-state index contributed by atoms with van der Waals surface area (Å²) in [4.78, 5) is 12.3. The van der Waals surface area contributed by atoms with Crippen molar-refractivity contribution in [2.45, 2.75) is 26.2 Å². The number of carbonyl (C=O) groups excluding carboxylic acids is 1. The van der Waals surface area contributed by atoms with Crippen LogP contribution in [0.4, 0.5) is 0 Å². The third-order valence-electron chi connectivity index (χ3n) is 4.47. The Morgan fingerprint density at radius 3 is 2.50 bits per heavy atom. The number of para-hydroxylation sites is 1. The summed E-state index contributed by atoms with van der Waals surface area (Å²) in [5, 5.41) is 5.75. The first-order valence-corrected chi connectivity index (χ1v) is 8.99. The Kier molecular flexibility index (Phi) is 5.35. The molecule has 0 aliphatic rings. The maximum atomic E-state index is 12.3. The zero-order valence-corrected chi connectivity index (χ0v) is 16.1. The molecule has 0 saturated carbocycles. The van der Waals surface area contributed by atoms with E-state index in [0.717, 1.165) is 28.2 Å². The first kappa shape index (κ1) is 18.5. The predicted molar refractivity (Wildman–Crippen MR) is 105 cm³/mol. The van der Waals surface area contributed by atoms with Crippen LogP contribution in [-0.2, 0) is 11.2 Å². The smallest absolute Gasteiger partial charge is 0.225 e. The number of halogens is 2. The van der Waals surface area contributed by atoms with Gasteiger partial charge in [0.25, 0.3) is 0 Å². The van der Waals surface area contributed by atoms with Crippen LogP contribution < -0.4 is 5.73 Å². The van der Waals surface area contributed by atoms with Gasteiger partial charge in [-0.2, -0.15) is 5.10 Å². The van der Waals surface area contributed by atoms with Crippen molar-refractivity contribution in [3.63, 3.8) is 0 Å². The lowest BCUT2D eigenvalue weighted by Crippen LogP contribution is -2.24. The lowest BCUT2D eigenvalue weighted by atomic mass is 9.90. The summed E-state index contributed by atoms with van der Waals surface area (Å²) in [5.74, 6) is -0.955. The monoisotopic (exact) mass is 387 g/mol. The fourth-order valence-electron chi connectivity index (χ4n) is 3.24. The van der Waals surface area contributed by atoms with Crippen LogP contribution in [0.3, 0.4) is 0 Å². The lowest BCUT2D eigenvalue weighted by Gasteiger charge is -2.16. The summed E-state index contributed by atoms with van der Waals surface area (Å²) in [6.07, 6.45) is 0.372. The van der Waals surface area contributed by atoms with Crippen LogP contribution in [0.25, 0.3) is 5.69 Å². The summed E-state index contributed by atoms with van der Waals surface area (Å²) in [6.45, 7) is 3.83. The second-order valence-electron chi connectivity index (χ2n) is 6.23. The van der Waals surface area contributed by atoms with Crippen molar-refractivity contribution in [1.29, 1.82) is 0 Å². The number of nitrogens with two attached hydrogens (primary N) is 1. The van der Waals surface area contributed by atoms with Gasteiger partial charge in [-0.05, 0) is 56.2 Å².